The number of aliphatic hydroxyl groups excluding tert-OH is 1. The van der Waals surface area contributed by atoms with Gasteiger partial charge in [0.2, 0.25) is 0 Å². The van der Waals surface area contributed by atoms with Gasteiger partial charge in [-0.25, -0.2) is 13.2 Å². The van der Waals surface area contributed by atoms with Crippen molar-refractivity contribution in [3.63, 3.8) is 0 Å². The van der Waals surface area contributed by atoms with Crippen LogP contribution in [0.2, 0.25) is 0 Å². The number of benzene rings is 2. The highest BCUT2D eigenvalue weighted by atomic mass is 79.9. The van der Waals surface area contributed by atoms with Crippen molar-refractivity contribution >= 4 is 15.9 Å². The Labute approximate surface area is 116 Å². The fourth-order valence-corrected chi connectivity index (χ4v) is 2.29. The summed E-state index contributed by atoms with van der Waals surface area (Å²) in [7, 11) is 0. The lowest BCUT2D eigenvalue weighted by atomic mass is 10.0. The van der Waals surface area contributed by atoms with Crippen molar-refractivity contribution in [1.82, 2.24) is 0 Å². The SMILES string of the molecule is OC(Cc1c(F)cccc1F)c1cc(F)cc(Br)c1. The van der Waals surface area contributed by atoms with E-state index in [-0.39, 0.29) is 17.5 Å². The largest absolute Gasteiger partial charge is 0.388 e. The number of rotatable bonds is 3. The highest BCUT2D eigenvalue weighted by molar-refractivity contribution is 9.10. The van der Waals surface area contributed by atoms with Crippen LogP contribution in [-0.4, -0.2) is 5.11 Å². The minimum atomic E-state index is -1.18. The molecule has 0 aliphatic rings. The molecule has 0 bridgehead atoms. The second-order valence-electron chi connectivity index (χ2n) is 4.12. The lowest BCUT2D eigenvalue weighted by Crippen LogP contribution is -2.06. The maximum absolute atomic E-state index is 13.5. The molecule has 2 rings (SSSR count). The summed E-state index contributed by atoms with van der Waals surface area (Å²) >= 11 is 3.10. The van der Waals surface area contributed by atoms with Gasteiger partial charge in [-0.3, -0.25) is 0 Å². The summed E-state index contributed by atoms with van der Waals surface area (Å²) in [5.41, 5.74) is 0.0462. The molecule has 0 aliphatic heterocycles. The molecule has 5 heteroatoms. The molecule has 0 fully saturated rings. The molecule has 0 radical (unpaired) electrons. The maximum Gasteiger partial charge on any atom is 0.129 e. The van der Waals surface area contributed by atoms with Crippen LogP contribution in [0.1, 0.15) is 17.2 Å². The predicted molar refractivity (Wildman–Crippen MR) is 69.1 cm³/mol. The van der Waals surface area contributed by atoms with Crippen molar-refractivity contribution in [2.24, 2.45) is 0 Å². The van der Waals surface area contributed by atoms with E-state index in [2.05, 4.69) is 15.9 Å². The normalized spacial score (nSPS) is 12.5. The van der Waals surface area contributed by atoms with Gasteiger partial charge in [0.1, 0.15) is 17.5 Å². The van der Waals surface area contributed by atoms with Gasteiger partial charge in [0, 0.05) is 16.5 Å². The zero-order valence-corrected chi connectivity index (χ0v) is 11.3. The van der Waals surface area contributed by atoms with Gasteiger partial charge in [-0.15, -0.1) is 0 Å². The molecule has 0 saturated heterocycles. The lowest BCUT2D eigenvalue weighted by molar-refractivity contribution is 0.175. The molecule has 1 N–H and O–H groups in total. The van der Waals surface area contributed by atoms with Crippen molar-refractivity contribution in [3.05, 3.63) is 69.4 Å². The smallest absolute Gasteiger partial charge is 0.129 e. The molecule has 0 aliphatic carbocycles. The third kappa shape index (κ3) is 3.36. The second-order valence-corrected chi connectivity index (χ2v) is 5.04. The summed E-state index contributed by atoms with van der Waals surface area (Å²) in [6.07, 6.45) is -1.44. The van der Waals surface area contributed by atoms with E-state index in [0.717, 1.165) is 18.2 Å². The third-order valence-corrected chi connectivity index (χ3v) is 3.19. The molecule has 0 saturated carbocycles. The Morgan fingerprint density at radius 3 is 2.26 bits per heavy atom. The molecule has 0 spiro atoms. The Kier molecular flexibility index (Phi) is 4.27. The average Bonchev–Trinajstić information content (AvgIpc) is 2.32. The van der Waals surface area contributed by atoms with E-state index in [1.165, 1.54) is 18.2 Å². The number of hydrogen-bond acceptors (Lipinski definition) is 1. The summed E-state index contributed by atoms with van der Waals surface area (Å²) in [5.74, 6) is -1.98. The van der Waals surface area contributed by atoms with Gasteiger partial charge in [0.05, 0.1) is 6.10 Å². The van der Waals surface area contributed by atoms with Gasteiger partial charge < -0.3 is 5.11 Å². The number of aliphatic hydroxyl groups is 1. The molecule has 100 valence electrons. The molecule has 1 nitrogen and oxygen atoms in total. The van der Waals surface area contributed by atoms with Crippen LogP contribution in [0.15, 0.2) is 40.9 Å². The van der Waals surface area contributed by atoms with Crippen LogP contribution in [0.4, 0.5) is 13.2 Å². The maximum atomic E-state index is 13.5. The second kappa shape index (κ2) is 5.75. The summed E-state index contributed by atoms with van der Waals surface area (Å²) in [4.78, 5) is 0. The highest BCUT2D eigenvalue weighted by Crippen LogP contribution is 2.25. The first kappa shape index (κ1) is 14.1. The first-order valence-corrected chi connectivity index (χ1v) is 6.33. The molecular weight excluding hydrogens is 321 g/mol. The lowest BCUT2D eigenvalue weighted by Gasteiger charge is -2.13. The van der Waals surface area contributed by atoms with E-state index in [4.69, 9.17) is 0 Å². The Morgan fingerprint density at radius 1 is 1.05 bits per heavy atom. The van der Waals surface area contributed by atoms with Crippen LogP contribution in [-0.2, 0) is 6.42 Å². The van der Waals surface area contributed by atoms with Crippen LogP contribution in [0.25, 0.3) is 0 Å². The quantitative estimate of drug-likeness (QED) is 0.896. The Morgan fingerprint density at radius 2 is 1.68 bits per heavy atom. The topological polar surface area (TPSA) is 20.2 Å². The monoisotopic (exact) mass is 330 g/mol. The summed E-state index contributed by atoms with van der Waals surface area (Å²) < 4.78 is 40.6. The summed E-state index contributed by atoms with van der Waals surface area (Å²) in [6, 6.07) is 7.36. The third-order valence-electron chi connectivity index (χ3n) is 2.73. The molecule has 2 aromatic carbocycles. The van der Waals surface area contributed by atoms with Crippen molar-refractivity contribution in [1.29, 1.82) is 0 Å². The fraction of sp³-hybridized carbons (Fsp3) is 0.143. The van der Waals surface area contributed by atoms with E-state index in [1.54, 1.807) is 0 Å². The Balaban J connectivity index is 2.28. The zero-order valence-electron chi connectivity index (χ0n) is 9.71. The Bertz CT molecular complexity index is 561. The highest BCUT2D eigenvalue weighted by Gasteiger charge is 2.16. The van der Waals surface area contributed by atoms with Crippen molar-refractivity contribution in [2.45, 2.75) is 12.5 Å². The van der Waals surface area contributed by atoms with Crippen molar-refractivity contribution < 1.29 is 18.3 Å². The summed E-state index contributed by atoms with van der Waals surface area (Å²) in [6.45, 7) is 0. The Hall–Kier alpha value is -1.33. The van der Waals surface area contributed by atoms with E-state index in [1.807, 2.05) is 0 Å². The molecule has 19 heavy (non-hydrogen) atoms. The minimum absolute atomic E-state index is 0.213. The van der Waals surface area contributed by atoms with Gasteiger partial charge in [-0.1, -0.05) is 22.0 Å². The van der Waals surface area contributed by atoms with E-state index < -0.39 is 23.6 Å². The number of hydrogen-bond donors (Lipinski definition) is 1. The molecule has 1 atom stereocenters. The van der Waals surface area contributed by atoms with E-state index in [9.17, 15) is 18.3 Å². The molecule has 2 aromatic rings. The molecule has 1 unspecified atom stereocenters. The molecule has 0 heterocycles. The van der Waals surface area contributed by atoms with Gasteiger partial charge >= 0.3 is 0 Å². The first-order chi connectivity index (χ1) is 8.97. The zero-order chi connectivity index (χ0) is 14.0. The number of halogens is 4. The van der Waals surface area contributed by atoms with Crippen LogP contribution >= 0.6 is 15.9 Å². The van der Waals surface area contributed by atoms with E-state index in [0.29, 0.717) is 4.47 Å². The fourth-order valence-electron chi connectivity index (χ4n) is 1.81. The molecular formula is C14H10BrF3O. The predicted octanol–water partition coefficient (Wildman–Crippen LogP) is 4.14. The van der Waals surface area contributed by atoms with Crippen molar-refractivity contribution in [2.75, 3.05) is 0 Å². The summed E-state index contributed by atoms with van der Waals surface area (Å²) in [5, 5.41) is 9.95. The van der Waals surface area contributed by atoms with E-state index >= 15 is 0 Å². The van der Waals surface area contributed by atoms with Gasteiger partial charge in [-0.05, 0) is 35.9 Å². The molecule has 0 aromatic heterocycles. The van der Waals surface area contributed by atoms with Crippen LogP contribution in [0, 0.1) is 17.5 Å². The first-order valence-electron chi connectivity index (χ1n) is 5.54. The standard InChI is InChI=1S/C14H10BrF3O/c15-9-4-8(5-10(16)6-9)14(19)7-11-12(17)2-1-3-13(11)18/h1-6,14,19H,7H2. The van der Waals surface area contributed by atoms with Gasteiger partial charge in [0.25, 0.3) is 0 Å². The van der Waals surface area contributed by atoms with Crippen LogP contribution in [0.5, 0.6) is 0 Å². The van der Waals surface area contributed by atoms with Gasteiger partial charge in [-0.2, -0.15) is 0 Å². The van der Waals surface area contributed by atoms with Crippen LogP contribution in [0.3, 0.4) is 0 Å². The minimum Gasteiger partial charge on any atom is -0.388 e. The molecule has 0 amide bonds. The van der Waals surface area contributed by atoms with Crippen LogP contribution < -0.4 is 0 Å². The van der Waals surface area contributed by atoms with Gasteiger partial charge in [0.15, 0.2) is 0 Å². The van der Waals surface area contributed by atoms with Crippen molar-refractivity contribution in [3.8, 4) is 0 Å². The average molecular weight is 331 g/mol.